The summed E-state index contributed by atoms with van der Waals surface area (Å²) in [4.78, 5) is 26.5. The normalized spacial score (nSPS) is 22.5. The van der Waals surface area contributed by atoms with Crippen LogP contribution in [0.15, 0.2) is 36.5 Å². The number of methoxy groups -OCH3 is 1. The van der Waals surface area contributed by atoms with Crippen LogP contribution in [0.3, 0.4) is 0 Å². The number of carbonyl (C=O) groups excluding carboxylic acids is 1. The summed E-state index contributed by atoms with van der Waals surface area (Å²) in [5.41, 5.74) is -0.378. The van der Waals surface area contributed by atoms with Crippen LogP contribution < -0.4 is 4.74 Å². The number of aliphatic hydroxyl groups is 1. The number of aliphatic hydroxyl groups excluding tert-OH is 1. The minimum atomic E-state index is -1.49. The largest absolute Gasteiger partial charge is 0.497 e. The van der Waals surface area contributed by atoms with Crippen molar-refractivity contribution < 1.29 is 24.5 Å². The molecule has 144 valence electrons. The van der Waals surface area contributed by atoms with Gasteiger partial charge < -0.3 is 19.8 Å². The van der Waals surface area contributed by atoms with Crippen LogP contribution in [0.5, 0.6) is 5.75 Å². The molecule has 1 aromatic carbocycles. The zero-order chi connectivity index (χ0) is 19.6. The van der Waals surface area contributed by atoms with Gasteiger partial charge in [0.25, 0.3) is 5.91 Å². The van der Waals surface area contributed by atoms with Crippen LogP contribution in [0.4, 0.5) is 0 Å². The number of piperidine rings is 1. The second-order valence-electron chi connectivity index (χ2n) is 6.86. The summed E-state index contributed by atoms with van der Waals surface area (Å²) in [7, 11) is 3.20. The van der Waals surface area contributed by atoms with Crippen molar-refractivity contribution in [2.75, 3.05) is 20.2 Å². The molecule has 1 saturated heterocycles. The van der Waals surface area contributed by atoms with Crippen molar-refractivity contribution in [1.82, 2.24) is 14.7 Å². The van der Waals surface area contributed by atoms with Crippen LogP contribution in [0, 0.1) is 5.41 Å². The van der Waals surface area contributed by atoms with Gasteiger partial charge in [-0.2, -0.15) is 5.10 Å². The van der Waals surface area contributed by atoms with E-state index < -0.39 is 17.5 Å². The van der Waals surface area contributed by atoms with E-state index in [2.05, 4.69) is 5.10 Å². The molecule has 2 N–H and O–H groups in total. The molecule has 2 atom stereocenters. The number of hydrogen-bond donors (Lipinski definition) is 2. The molecule has 1 fully saturated rings. The first-order valence-electron chi connectivity index (χ1n) is 8.69. The monoisotopic (exact) mass is 373 g/mol. The quantitative estimate of drug-likeness (QED) is 0.809. The first-order chi connectivity index (χ1) is 12.9. The second-order valence-corrected chi connectivity index (χ2v) is 6.86. The lowest BCUT2D eigenvalue weighted by molar-refractivity contribution is -0.161. The Morgan fingerprint density at radius 3 is 2.78 bits per heavy atom. The Kier molecular flexibility index (Phi) is 5.18. The van der Waals surface area contributed by atoms with Crippen molar-refractivity contribution >= 4 is 11.9 Å². The van der Waals surface area contributed by atoms with Crippen LogP contribution in [-0.2, 0) is 18.3 Å². The average molecular weight is 373 g/mol. The third kappa shape index (κ3) is 3.52. The molecule has 0 saturated carbocycles. The summed E-state index contributed by atoms with van der Waals surface area (Å²) in [6.45, 7) is 0.211. The summed E-state index contributed by atoms with van der Waals surface area (Å²) < 4.78 is 6.66. The van der Waals surface area contributed by atoms with Crippen molar-refractivity contribution in [2.45, 2.75) is 18.9 Å². The molecular formula is C19H23N3O5. The molecule has 1 aliphatic heterocycles. The van der Waals surface area contributed by atoms with Crippen molar-refractivity contribution in [3.63, 3.8) is 0 Å². The summed E-state index contributed by atoms with van der Waals surface area (Å²) >= 11 is 0. The van der Waals surface area contributed by atoms with Gasteiger partial charge in [0.1, 0.15) is 16.9 Å². The fraction of sp³-hybridized carbons (Fsp3) is 0.421. The number of aliphatic carboxylic acids is 1. The number of rotatable bonds is 5. The number of nitrogens with zero attached hydrogens (tertiary/aromatic N) is 3. The SMILES string of the molecule is COc1cccc(C[C@@]2(C(=O)O)CN(C(=O)c3ccnn3C)CC[C@@H]2O)c1. The van der Waals surface area contributed by atoms with Crippen molar-refractivity contribution in [2.24, 2.45) is 12.5 Å². The van der Waals surface area contributed by atoms with E-state index in [1.165, 1.54) is 22.9 Å². The van der Waals surface area contributed by atoms with E-state index in [1.54, 1.807) is 37.4 Å². The molecule has 2 aromatic rings. The fourth-order valence-corrected chi connectivity index (χ4v) is 3.60. The average Bonchev–Trinajstić information content (AvgIpc) is 3.09. The molecule has 0 unspecified atom stereocenters. The van der Waals surface area contributed by atoms with E-state index in [-0.39, 0.29) is 25.3 Å². The summed E-state index contributed by atoms with van der Waals surface area (Å²) in [5, 5.41) is 24.6. The number of aryl methyl sites for hydroxylation is 1. The van der Waals surface area contributed by atoms with Gasteiger partial charge in [-0.15, -0.1) is 0 Å². The maximum absolute atomic E-state index is 12.8. The number of carboxylic acid groups (broad SMARTS) is 1. The highest BCUT2D eigenvalue weighted by atomic mass is 16.5. The molecular weight excluding hydrogens is 350 g/mol. The van der Waals surface area contributed by atoms with Gasteiger partial charge in [-0.1, -0.05) is 12.1 Å². The number of benzene rings is 1. The summed E-state index contributed by atoms with van der Waals surface area (Å²) in [6, 6.07) is 8.68. The molecule has 1 aromatic heterocycles. The lowest BCUT2D eigenvalue weighted by atomic mass is 9.72. The Balaban J connectivity index is 1.91. The highest BCUT2D eigenvalue weighted by Crippen LogP contribution is 2.36. The molecule has 0 bridgehead atoms. The van der Waals surface area contributed by atoms with Crippen LogP contribution >= 0.6 is 0 Å². The molecule has 8 nitrogen and oxygen atoms in total. The number of ether oxygens (including phenoxy) is 1. The predicted octanol–water partition coefficient (Wildman–Crippen LogP) is 0.949. The number of likely N-dealkylation sites (tertiary alicyclic amines) is 1. The molecule has 0 radical (unpaired) electrons. The highest BCUT2D eigenvalue weighted by molar-refractivity contribution is 5.93. The number of amides is 1. The maximum Gasteiger partial charge on any atom is 0.314 e. The van der Waals surface area contributed by atoms with Gasteiger partial charge in [-0.3, -0.25) is 14.3 Å². The molecule has 3 rings (SSSR count). The Bertz CT molecular complexity index is 849. The first-order valence-corrected chi connectivity index (χ1v) is 8.69. The number of hydrogen-bond acceptors (Lipinski definition) is 5. The van der Waals surface area contributed by atoms with E-state index in [4.69, 9.17) is 4.74 Å². The Labute approximate surface area is 157 Å². The maximum atomic E-state index is 12.8. The van der Waals surface area contributed by atoms with Gasteiger partial charge in [-0.25, -0.2) is 0 Å². The van der Waals surface area contributed by atoms with E-state index in [1.807, 2.05) is 0 Å². The molecule has 0 aliphatic carbocycles. The van der Waals surface area contributed by atoms with Gasteiger partial charge in [0.2, 0.25) is 0 Å². The van der Waals surface area contributed by atoms with E-state index >= 15 is 0 Å². The first kappa shape index (κ1) is 18.9. The molecule has 1 aliphatic rings. The van der Waals surface area contributed by atoms with Gasteiger partial charge in [0.15, 0.2) is 0 Å². The standard InChI is InChI=1S/C19H23N3O5/c1-21-15(6-8-20-21)17(24)22-9-7-16(23)19(12-22,18(25)26)11-13-4-3-5-14(10-13)27-2/h3-6,8,10,16,23H,7,9,11-12H2,1-2H3,(H,25,26)/t16-,19+/m0/s1. The Morgan fingerprint density at radius 2 is 2.15 bits per heavy atom. The van der Waals surface area contributed by atoms with Crippen LogP contribution in [-0.4, -0.2) is 63.1 Å². The number of carbonyl (C=O) groups is 2. The number of carboxylic acids is 1. The number of aromatic nitrogens is 2. The minimum absolute atomic E-state index is 0.0786. The van der Waals surface area contributed by atoms with Gasteiger partial charge in [-0.05, 0) is 36.6 Å². The smallest absolute Gasteiger partial charge is 0.314 e. The van der Waals surface area contributed by atoms with E-state index in [0.29, 0.717) is 18.0 Å². The Hall–Kier alpha value is -2.87. The van der Waals surface area contributed by atoms with Crippen molar-refractivity contribution in [3.8, 4) is 5.75 Å². The van der Waals surface area contributed by atoms with Gasteiger partial charge in [0.05, 0.1) is 13.2 Å². The fourth-order valence-electron chi connectivity index (χ4n) is 3.60. The molecule has 8 heteroatoms. The molecule has 27 heavy (non-hydrogen) atoms. The van der Waals surface area contributed by atoms with Crippen molar-refractivity contribution in [1.29, 1.82) is 0 Å². The lowest BCUT2D eigenvalue weighted by Crippen LogP contribution is -2.58. The predicted molar refractivity (Wildman–Crippen MR) is 96.5 cm³/mol. The second kappa shape index (κ2) is 7.40. The van der Waals surface area contributed by atoms with E-state index in [0.717, 1.165) is 5.56 Å². The third-order valence-corrected chi connectivity index (χ3v) is 5.19. The van der Waals surface area contributed by atoms with Crippen molar-refractivity contribution in [3.05, 3.63) is 47.8 Å². The minimum Gasteiger partial charge on any atom is -0.497 e. The highest BCUT2D eigenvalue weighted by Gasteiger charge is 2.50. The summed E-state index contributed by atoms with van der Waals surface area (Å²) in [5.74, 6) is -0.806. The van der Waals surface area contributed by atoms with E-state index in [9.17, 15) is 19.8 Å². The third-order valence-electron chi connectivity index (χ3n) is 5.19. The zero-order valence-corrected chi connectivity index (χ0v) is 15.3. The van der Waals surface area contributed by atoms with Gasteiger partial charge in [0, 0.05) is 26.3 Å². The lowest BCUT2D eigenvalue weighted by Gasteiger charge is -2.43. The zero-order valence-electron chi connectivity index (χ0n) is 15.3. The molecule has 1 amide bonds. The Morgan fingerprint density at radius 1 is 1.37 bits per heavy atom. The van der Waals surface area contributed by atoms with Crippen LogP contribution in [0.2, 0.25) is 0 Å². The van der Waals surface area contributed by atoms with Crippen LogP contribution in [0.1, 0.15) is 22.5 Å². The summed E-state index contributed by atoms with van der Waals surface area (Å²) in [6.07, 6.45) is 0.749. The van der Waals surface area contributed by atoms with Crippen LogP contribution in [0.25, 0.3) is 0 Å². The van der Waals surface area contributed by atoms with Gasteiger partial charge >= 0.3 is 5.97 Å². The molecule has 2 heterocycles. The topological polar surface area (TPSA) is 105 Å². The molecule has 0 spiro atoms.